The lowest BCUT2D eigenvalue weighted by Crippen LogP contribution is -2.42. The fourth-order valence-corrected chi connectivity index (χ4v) is 6.81. The lowest BCUT2D eigenvalue weighted by molar-refractivity contribution is 0.00302. The van der Waals surface area contributed by atoms with Gasteiger partial charge in [-0.15, -0.1) is 0 Å². The molecule has 6 rings (SSSR count). The van der Waals surface area contributed by atoms with E-state index in [-0.39, 0.29) is 5.91 Å². The summed E-state index contributed by atoms with van der Waals surface area (Å²) < 4.78 is 1.82. The summed E-state index contributed by atoms with van der Waals surface area (Å²) in [5.74, 6) is 0.713. The van der Waals surface area contributed by atoms with Crippen molar-refractivity contribution < 1.29 is 15.0 Å². The zero-order valence-electron chi connectivity index (χ0n) is 25.5. The van der Waals surface area contributed by atoms with E-state index in [1.54, 1.807) is 0 Å². The monoisotopic (exact) mass is 616 g/mol. The first-order chi connectivity index (χ1) is 21.1. The number of fused-ring (bicyclic) bond motifs is 1. The summed E-state index contributed by atoms with van der Waals surface area (Å²) in [7, 11) is 3.93. The number of likely N-dealkylation sites (tertiary alicyclic amines) is 1. The van der Waals surface area contributed by atoms with Crippen LogP contribution in [-0.4, -0.2) is 92.9 Å². The van der Waals surface area contributed by atoms with Crippen molar-refractivity contribution in [2.24, 2.45) is 0 Å². The van der Waals surface area contributed by atoms with Gasteiger partial charge in [-0.3, -0.25) is 4.79 Å². The Morgan fingerprint density at radius 2 is 1.66 bits per heavy atom. The highest BCUT2D eigenvalue weighted by Crippen LogP contribution is 2.36. The molecule has 1 atom stereocenters. The van der Waals surface area contributed by atoms with E-state index in [1.807, 2.05) is 89.2 Å². The van der Waals surface area contributed by atoms with Gasteiger partial charge < -0.3 is 24.9 Å². The summed E-state index contributed by atoms with van der Waals surface area (Å²) in [5, 5.41) is 27.7. The first kappa shape index (κ1) is 30.5. The van der Waals surface area contributed by atoms with Crippen molar-refractivity contribution in [3.8, 4) is 0 Å². The van der Waals surface area contributed by atoms with E-state index >= 15 is 0 Å². The number of carbonyl (C=O) groups is 1. The molecule has 2 aromatic heterocycles. The number of benzene rings is 2. The summed E-state index contributed by atoms with van der Waals surface area (Å²) in [6.07, 6.45) is 5.74. The van der Waals surface area contributed by atoms with Crippen molar-refractivity contribution in [1.29, 1.82) is 0 Å². The van der Waals surface area contributed by atoms with Gasteiger partial charge in [-0.2, -0.15) is 5.10 Å². The second kappa shape index (κ2) is 12.5. The van der Waals surface area contributed by atoms with Gasteiger partial charge in [-0.05, 0) is 93.7 Å². The molecule has 4 heterocycles. The van der Waals surface area contributed by atoms with Crippen LogP contribution in [0.2, 0.25) is 5.02 Å². The van der Waals surface area contributed by atoms with E-state index in [9.17, 15) is 15.0 Å². The van der Waals surface area contributed by atoms with Crippen LogP contribution in [0.5, 0.6) is 0 Å². The minimum atomic E-state index is -0.874. The van der Waals surface area contributed by atoms with Crippen molar-refractivity contribution in [1.82, 2.24) is 24.4 Å². The Morgan fingerprint density at radius 1 is 0.932 bits per heavy atom. The molecule has 9 nitrogen and oxygen atoms in total. The third-order valence-corrected chi connectivity index (χ3v) is 9.33. The number of aliphatic hydroxyl groups is 2. The topological polar surface area (TPSA) is 97.4 Å². The standard InChI is InChI=1S/C34H41ClN6O3/c1-38(2)24-33(43)14-4-18-40(20-15-33)32(42)26-8-6-25(7-9-26)23-30-36-31-29(5-3-19-41(31)37-30)39-21-16-34(44,17-22-39)27-10-12-28(35)13-11-27/h3,5-13,19,43-44H,4,14-18,20-24H2,1-2H3. The number of amides is 1. The molecule has 2 aliphatic rings. The number of pyridine rings is 1. The van der Waals surface area contributed by atoms with Crippen molar-refractivity contribution in [2.75, 3.05) is 51.7 Å². The number of anilines is 1. The molecule has 232 valence electrons. The van der Waals surface area contributed by atoms with Crippen LogP contribution in [0, 0.1) is 0 Å². The number of hydrogen-bond donors (Lipinski definition) is 2. The maximum Gasteiger partial charge on any atom is 0.253 e. The molecule has 0 spiro atoms. The van der Waals surface area contributed by atoms with Crippen LogP contribution >= 0.6 is 11.6 Å². The molecule has 2 aliphatic heterocycles. The molecule has 1 amide bonds. The fraction of sp³-hybridized carbons (Fsp3) is 0.441. The maximum atomic E-state index is 13.3. The van der Waals surface area contributed by atoms with Crippen LogP contribution in [0.4, 0.5) is 5.69 Å². The van der Waals surface area contributed by atoms with Gasteiger partial charge in [-0.1, -0.05) is 35.9 Å². The zero-order valence-corrected chi connectivity index (χ0v) is 26.2. The Labute approximate surface area is 263 Å². The highest BCUT2D eigenvalue weighted by molar-refractivity contribution is 6.30. The second-order valence-corrected chi connectivity index (χ2v) is 13.1. The van der Waals surface area contributed by atoms with E-state index < -0.39 is 11.2 Å². The summed E-state index contributed by atoms with van der Waals surface area (Å²) >= 11 is 6.05. The number of halogens is 1. The molecule has 0 radical (unpaired) electrons. The predicted octanol–water partition coefficient (Wildman–Crippen LogP) is 4.38. The van der Waals surface area contributed by atoms with Crippen molar-refractivity contribution in [3.63, 3.8) is 0 Å². The smallest absolute Gasteiger partial charge is 0.253 e. The molecule has 0 saturated carbocycles. The minimum absolute atomic E-state index is 0.00522. The quantitative estimate of drug-likeness (QED) is 0.318. The SMILES string of the molecule is CN(C)CC1(O)CCCN(C(=O)c2ccc(Cc3nc4c(N5CCC(O)(c6ccc(Cl)cc6)CC5)cccn4n3)cc2)CC1. The molecule has 44 heavy (non-hydrogen) atoms. The van der Waals surface area contributed by atoms with Crippen molar-refractivity contribution in [2.45, 2.75) is 49.7 Å². The number of piperidine rings is 1. The number of likely N-dealkylation sites (N-methyl/N-ethyl adjacent to an activating group) is 1. The Morgan fingerprint density at radius 3 is 2.36 bits per heavy atom. The average molecular weight is 617 g/mol. The lowest BCUT2D eigenvalue weighted by Gasteiger charge is -2.39. The minimum Gasteiger partial charge on any atom is -0.388 e. The number of carbonyl (C=O) groups excluding carboxylic acids is 1. The van der Waals surface area contributed by atoms with E-state index in [4.69, 9.17) is 21.7 Å². The summed E-state index contributed by atoms with van der Waals surface area (Å²) in [4.78, 5) is 24.3. The highest BCUT2D eigenvalue weighted by atomic mass is 35.5. The predicted molar refractivity (Wildman–Crippen MR) is 172 cm³/mol. The molecular weight excluding hydrogens is 576 g/mol. The van der Waals surface area contributed by atoms with Crippen molar-refractivity contribution >= 4 is 28.8 Å². The Bertz CT molecular complexity index is 1600. The van der Waals surface area contributed by atoms with E-state index in [1.165, 1.54) is 0 Å². The van der Waals surface area contributed by atoms with Crippen LogP contribution in [0.25, 0.3) is 5.65 Å². The molecule has 0 bridgehead atoms. The number of nitrogens with zero attached hydrogens (tertiary/aromatic N) is 6. The number of aromatic nitrogens is 3. The van der Waals surface area contributed by atoms with E-state index in [0.717, 1.165) is 28.9 Å². The summed E-state index contributed by atoms with van der Waals surface area (Å²) in [6, 6.07) is 19.2. The van der Waals surface area contributed by atoms with Gasteiger partial charge in [0.2, 0.25) is 0 Å². The van der Waals surface area contributed by atoms with E-state index in [2.05, 4.69) is 11.0 Å². The normalized spacial score (nSPS) is 20.7. The van der Waals surface area contributed by atoms with Crippen LogP contribution in [0.15, 0.2) is 66.9 Å². The first-order valence-electron chi connectivity index (χ1n) is 15.4. The van der Waals surface area contributed by atoms with Gasteiger partial charge in [0.1, 0.15) is 0 Å². The molecular formula is C34H41ClN6O3. The van der Waals surface area contributed by atoms with Gasteiger partial charge in [0.25, 0.3) is 5.91 Å². The lowest BCUT2D eigenvalue weighted by atomic mass is 9.84. The third kappa shape index (κ3) is 6.61. The van der Waals surface area contributed by atoms with Gasteiger partial charge in [0.15, 0.2) is 11.5 Å². The number of hydrogen-bond acceptors (Lipinski definition) is 7. The van der Waals surface area contributed by atoms with Gasteiger partial charge in [0.05, 0.1) is 16.9 Å². The zero-order chi connectivity index (χ0) is 30.9. The third-order valence-electron chi connectivity index (χ3n) is 9.08. The van der Waals surface area contributed by atoms with Crippen LogP contribution in [-0.2, 0) is 12.0 Å². The molecule has 4 aromatic rings. The molecule has 1 unspecified atom stereocenters. The molecule has 2 N–H and O–H groups in total. The van der Waals surface area contributed by atoms with Crippen molar-refractivity contribution in [3.05, 3.63) is 94.4 Å². The molecule has 0 aliphatic carbocycles. The van der Waals surface area contributed by atoms with Gasteiger partial charge in [0, 0.05) is 55.9 Å². The highest BCUT2D eigenvalue weighted by Gasteiger charge is 2.35. The molecule has 2 aromatic carbocycles. The first-order valence-corrected chi connectivity index (χ1v) is 15.8. The summed E-state index contributed by atoms with van der Waals surface area (Å²) in [6.45, 7) is 3.20. The average Bonchev–Trinajstić information content (AvgIpc) is 3.32. The van der Waals surface area contributed by atoms with Gasteiger partial charge >= 0.3 is 0 Å². The van der Waals surface area contributed by atoms with Crippen LogP contribution < -0.4 is 4.90 Å². The Kier molecular flexibility index (Phi) is 8.66. The van der Waals surface area contributed by atoms with Gasteiger partial charge in [-0.25, -0.2) is 9.50 Å². The maximum absolute atomic E-state index is 13.3. The second-order valence-electron chi connectivity index (χ2n) is 12.7. The van der Waals surface area contributed by atoms with E-state index in [0.29, 0.717) is 81.2 Å². The van der Waals surface area contributed by atoms with Crippen LogP contribution in [0.3, 0.4) is 0 Å². The number of rotatable bonds is 7. The largest absolute Gasteiger partial charge is 0.388 e. The fourth-order valence-electron chi connectivity index (χ4n) is 6.68. The van der Waals surface area contributed by atoms with Crippen LogP contribution in [0.1, 0.15) is 59.4 Å². The molecule has 10 heteroatoms. The summed E-state index contributed by atoms with van der Waals surface area (Å²) in [5.41, 5.74) is 2.75. The molecule has 2 saturated heterocycles. The Hall–Kier alpha value is -3.50. The Balaban J connectivity index is 1.10. The molecule has 2 fully saturated rings.